The van der Waals surface area contributed by atoms with E-state index in [1.165, 1.54) is 29.5 Å². The third-order valence-electron chi connectivity index (χ3n) is 8.62. The Hall–Kier alpha value is -4.00. The van der Waals surface area contributed by atoms with Gasteiger partial charge in [-0.25, -0.2) is 9.97 Å². The molecule has 9 nitrogen and oxygen atoms in total. The van der Waals surface area contributed by atoms with Gasteiger partial charge in [0.1, 0.15) is 11.6 Å². The standard InChI is InChI=1S/C32H33F3N4O5S/c33-32(34,35)44-23-10-11-24(20-7-12-27(36-17-20)38-13-3-6-28(38)40)25(16-23)26-18-45-31(37-26)39(22-8-9-22)30(43)21(15-29(41)42)14-19-4-1-2-5-19/h7,10-12,16-19,21-22H,1-6,8-9,13-15H2,(H,41,42)/t21-/m1/s1. The summed E-state index contributed by atoms with van der Waals surface area (Å²) in [6.07, 6.45) is 3.78. The van der Waals surface area contributed by atoms with E-state index in [1.807, 2.05) is 0 Å². The van der Waals surface area contributed by atoms with E-state index >= 15 is 0 Å². The first-order chi connectivity index (χ1) is 21.6. The molecule has 2 aromatic heterocycles. The predicted molar refractivity (Wildman–Crippen MR) is 162 cm³/mol. The molecule has 45 heavy (non-hydrogen) atoms. The van der Waals surface area contributed by atoms with Crippen molar-refractivity contribution in [3.05, 3.63) is 41.9 Å². The van der Waals surface area contributed by atoms with Gasteiger partial charge in [0.25, 0.3) is 0 Å². The van der Waals surface area contributed by atoms with Crippen LogP contribution in [0.3, 0.4) is 0 Å². The van der Waals surface area contributed by atoms with E-state index in [2.05, 4.69) is 9.72 Å². The first-order valence-electron chi connectivity index (χ1n) is 15.2. The molecule has 3 aliphatic rings. The second-order valence-corrected chi connectivity index (χ2v) is 12.8. The number of alkyl halides is 3. The summed E-state index contributed by atoms with van der Waals surface area (Å²) in [5.74, 6) is -1.58. The molecule has 1 aliphatic heterocycles. The molecule has 3 fully saturated rings. The monoisotopic (exact) mass is 642 g/mol. The van der Waals surface area contributed by atoms with E-state index in [1.54, 1.807) is 33.5 Å². The highest BCUT2D eigenvalue weighted by atomic mass is 32.1. The Morgan fingerprint density at radius 3 is 2.49 bits per heavy atom. The molecular weight excluding hydrogens is 609 g/mol. The average molecular weight is 643 g/mol. The van der Waals surface area contributed by atoms with Crippen molar-refractivity contribution in [2.45, 2.75) is 76.6 Å². The summed E-state index contributed by atoms with van der Waals surface area (Å²) >= 11 is 1.19. The van der Waals surface area contributed by atoms with Gasteiger partial charge in [-0.15, -0.1) is 24.5 Å². The van der Waals surface area contributed by atoms with Crippen molar-refractivity contribution >= 4 is 40.1 Å². The van der Waals surface area contributed by atoms with Crippen LogP contribution in [-0.2, 0) is 14.4 Å². The minimum Gasteiger partial charge on any atom is -0.481 e. The van der Waals surface area contributed by atoms with Crippen molar-refractivity contribution in [1.29, 1.82) is 0 Å². The van der Waals surface area contributed by atoms with Crippen LogP contribution in [0.25, 0.3) is 22.4 Å². The number of carbonyl (C=O) groups is 3. The highest BCUT2D eigenvalue weighted by Crippen LogP contribution is 2.42. The second kappa shape index (κ2) is 12.8. The number of hydrogen-bond donors (Lipinski definition) is 1. The van der Waals surface area contributed by atoms with E-state index in [0.29, 0.717) is 58.6 Å². The summed E-state index contributed by atoms with van der Waals surface area (Å²) < 4.78 is 43.7. The Morgan fingerprint density at radius 1 is 1.09 bits per heavy atom. The number of nitrogens with zero attached hydrogens (tertiary/aromatic N) is 4. The Labute approximate surface area is 262 Å². The number of anilines is 2. The first-order valence-corrected chi connectivity index (χ1v) is 16.1. The van der Waals surface area contributed by atoms with Gasteiger partial charge in [-0.2, -0.15) is 0 Å². The van der Waals surface area contributed by atoms with E-state index in [0.717, 1.165) is 44.9 Å². The van der Waals surface area contributed by atoms with Gasteiger partial charge >= 0.3 is 12.3 Å². The van der Waals surface area contributed by atoms with Crippen LogP contribution in [0.4, 0.5) is 24.1 Å². The van der Waals surface area contributed by atoms with Gasteiger partial charge in [0.2, 0.25) is 11.8 Å². The maximum Gasteiger partial charge on any atom is 0.573 e. The van der Waals surface area contributed by atoms with Crippen molar-refractivity contribution in [3.63, 3.8) is 0 Å². The van der Waals surface area contributed by atoms with Crippen LogP contribution in [0, 0.1) is 11.8 Å². The molecule has 238 valence electrons. The van der Waals surface area contributed by atoms with Gasteiger partial charge in [0, 0.05) is 47.6 Å². The summed E-state index contributed by atoms with van der Waals surface area (Å²) in [4.78, 5) is 50.2. The zero-order valence-electron chi connectivity index (χ0n) is 24.5. The van der Waals surface area contributed by atoms with Gasteiger partial charge < -0.3 is 9.84 Å². The molecule has 0 unspecified atom stereocenters. The molecule has 3 heterocycles. The number of halogens is 3. The maximum absolute atomic E-state index is 13.9. The van der Waals surface area contributed by atoms with Crippen LogP contribution < -0.4 is 14.5 Å². The Bertz CT molecular complexity index is 1570. The number of carboxylic acids is 1. The third kappa shape index (κ3) is 7.29. The fourth-order valence-electron chi connectivity index (χ4n) is 6.37. The quantitative estimate of drug-likeness (QED) is 0.238. The lowest BCUT2D eigenvalue weighted by Crippen LogP contribution is -2.39. The second-order valence-electron chi connectivity index (χ2n) is 11.9. The molecule has 1 aromatic carbocycles. The Balaban J connectivity index is 1.33. The van der Waals surface area contributed by atoms with Crippen LogP contribution in [0.15, 0.2) is 41.9 Å². The van der Waals surface area contributed by atoms with Crippen LogP contribution in [-0.4, -0.2) is 51.8 Å². The molecule has 0 radical (unpaired) electrons. The number of ether oxygens (including phenoxy) is 1. The molecule has 2 amide bonds. The molecule has 2 saturated carbocycles. The lowest BCUT2D eigenvalue weighted by molar-refractivity contribution is -0.274. The summed E-state index contributed by atoms with van der Waals surface area (Å²) in [6.45, 7) is 0.575. The fourth-order valence-corrected chi connectivity index (χ4v) is 7.27. The number of benzene rings is 1. The van der Waals surface area contributed by atoms with E-state index in [-0.39, 0.29) is 24.3 Å². The van der Waals surface area contributed by atoms with Crippen molar-refractivity contribution < 1.29 is 37.4 Å². The van der Waals surface area contributed by atoms with Crippen molar-refractivity contribution in [2.24, 2.45) is 11.8 Å². The zero-order chi connectivity index (χ0) is 31.7. The van der Waals surface area contributed by atoms with Gasteiger partial charge in [-0.3, -0.25) is 24.2 Å². The van der Waals surface area contributed by atoms with Crippen LogP contribution >= 0.6 is 11.3 Å². The SMILES string of the molecule is O=C(O)C[C@@H](CC1CCCC1)C(=O)N(c1nc(-c2cc(OC(F)(F)F)ccc2-c2ccc(N3CCCC3=O)nc2)cs1)C1CC1. The molecule has 0 bridgehead atoms. The van der Waals surface area contributed by atoms with Gasteiger partial charge in [0.05, 0.1) is 12.1 Å². The molecule has 6 rings (SSSR count). The normalized spacial score (nSPS) is 17.9. The molecule has 1 N–H and O–H groups in total. The predicted octanol–water partition coefficient (Wildman–Crippen LogP) is 7.06. The highest BCUT2D eigenvalue weighted by molar-refractivity contribution is 7.14. The van der Waals surface area contributed by atoms with Gasteiger partial charge in [-0.1, -0.05) is 25.7 Å². The molecule has 3 aromatic rings. The minimum absolute atomic E-state index is 0.0109. The van der Waals surface area contributed by atoms with E-state index in [4.69, 9.17) is 4.98 Å². The molecule has 13 heteroatoms. The van der Waals surface area contributed by atoms with Gasteiger partial charge in [-0.05, 0) is 67.5 Å². The highest BCUT2D eigenvalue weighted by Gasteiger charge is 2.40. The van der Waals surface area contributed by atoms with Gasteiger partial charge in [0.15, 0.2) is 5.13 Å². The first kappa shape index (κ1) is 31.0. The number of aromatic nitrogens is 2. The average Bonchev–Trinajstić information content (AvgIpc) is 3.33. The number of amides is 2. The van der Waals surface area contributed by atoms with Crippen molar-refractivity contribution in [2.75, 3.05) is 16.3 Å². The summed E-state index contributed by atoms with van der Waals surface area (Å²) in [6, 6.07) is 7.34. The lowest BCUT2D eigenvalue weighted by Gasteiger charge is -2.26. The number of carbonyl (C=O) groups excluding carboxylic acids is 2. The van der Waals surface area contributed by atoms with E-state index in [9.17, 15) is 32.7 Å². The molecule has 1 atom stereocenters. The van der Waals surface area contributed by atoms with Crippen LogP contribution in [0.5, 0.6) is 5.75 Å². The number of rotatable bonds is 11. The third-order valence-corrected chi connectivity index (χ3v) is 9.46. The summed E-state index contributed by atoms with van der Waals surface area (Å²) in [5.41, 5.74) is 1.84. The zero-order valence-corrected chi connectivity index (χ0v) is 25.3. The molecule has 0 spiro atoms. The summed E-state index contributed by atoms with van der Waals surface area (Å²) in [5, 5.41) is 11.7. The number of carboxylic acid groups (broad SMARTS) is 1. The number of pyridine rings is 1. The van der Waals surface area contributed by atoms with Crippen molar-refractivity contribution in [1.82, 2.24) is 9.97 Å². The lowest BCUT2D eigenvalue weighted by atomic mass is 9.90. The minimum atomic E-state index is -4.90. The van der Waals surface area contributed by atoms with Crippen LogP contribution in [0.2, 0.25) is 0 Å². The number of hydrogen-bond acceptors (Lipinski definition) is 7. The fraction of sp³-hybridized carbons (Fsp3) is 0.469. The molecule has 2 aliphatic carbocycles. The molecule has 1 saturated heterocycles. The topological polar surface area (TPSA) is 113 Å². The summed E-state index contributed by atoms with van der Waals surface area (Å²) in [7, 11) is 0. The largest absolute Gasteiger partial charge is 0.573 e. The van der Waals surface area contributed by atoms with Crippen LogP contribution in [0.1, 0.15) is 64.2 Å². The smallest absolute Gasteiger partial charge is 0.481 e. The maximum atomic E-state index is 13.9. The Morgan fingerprint density at radius 2 is 1.87 bits per heavy atom. The molecular formula is C32H33F3N4O5S. The number of aliphatic carboxylic acids is 1. The van der Waals surface area contributed by atoms with Crippen molar-refractivity contribution in [3.8, 4) is 28.1 Å². The van der Waals surface area contributed by atoms with E-state index < -0.39 is 24.0 Å². The Kier molecular flexibility index (Phi) is 8.80. The number of thiazole rings is 1.